The van der Waals surface area contributed by atoms with E-state index in [1.807, 2.05) is 103 Å². The van der Waals surface area contributed by atoms with E-state index < -0.39 is 12.0 Å². The third kappa shape index (κ3) is 5.45. The van der Waals surface area contributed by atoms with Crippen molar-refractivity contribution in [3.05, 3.63) is 168 Å². The molecule has 4 aromatic carbocycles. The number of nitrogens with zero attached hydrogens (tertiary/aromatic N) is 3. The Morgan fingerprint density at radius 3 is 2.44 bits per heavy atom. The van der Waals surface area contributed by atoms with Crippen molar-refractivity contribution in [3.8, 4) is 0 Å². The third-order valence-corrected chi connectivity index (χ3v) is 9.05. The van der Waals surface area contributed by atoms with Crippen molar-refractivity contribution in [2.24, 2.45) is 4.99 Å². The minimum Gasteiger partial charge on any atom is -0.463 e. The summed E-state index contributed by atoms with van der Waals surface area (Å²) in [6.45, 7) is 2.61. The molecule has 2 aromatic heterocycles. The average molecular weight is 630 g/mol. The maximum absolute atomic E-state index is 14.3. The highest BCUT2D eigenvalue weighted by Gasteiger charge is 2.35. The first kappa shape index (κ1) is 28.8. The second-order valence-electron chi connectivity index (χ2n) is 10.7. The van der Waals surface area contributed by atoms with Crippen LogP contribution in [0.3, 0.4) is 0 Å². The highest BCUT2D eigenvalue weighted by molar-refractivity contribution is 7.07. The molecule has 0 radical (unpaired) electrons. The minimum atomic E-state index is -0.706. The number of benzene rings is 4. The molecule has 1 atom stereocenters. The molecule has 0 saturated heterocycles. The van der Waals surface area contributed by atoms with E-state index in [1.165, 1.54) is 11.3 Å². The van der Waals surface area contributed by atoms with Crippen LogP contribution in [0.25, 0.3) is 22.7 Å². The van der Waals surface area contributed by atoms with Crippen molar-refractivity contribution < 1.29 is 9.53 Å². The number of esters is 1. The van der Waals surface area contributed by atoms with Crippen LogP contribution in [-0.4, -0.2) is 21.7 Å². The second kappa shape index (κ2) is 12.2. The van der Waals surface area contributed by atoms with Crippen LogP contribution in [0.4, 0.5) is 0 Å². The highest BCUT2D eigenvalue weighted by Crippen LogP contribution is 2.35. The number of carbonyl (C=O) groups is 1. The van der Waals surface area contributed by atoms with Gasteiger partial charge in [0.15, 0.2) is 4.80 Å². The Morgan fingerprint density at radius 1 is 0.956 bits per heavy atom. The van der Waals surface area contributed by atoms with Gasteiger partial charge in [-0.1, -0.05) is 114 Å². The number of carbonyl (C=O) groups excluding carboxylic acids is 1. The van der Waals surface area contributed by atoms with E-state index in [2.05, 4.69) is 22.9 Å². The first-order valence-corrected chi connectivity index (χ1v) is 15.9. The molecule has 0 aliphatic carbocycles. The Bertz CT molecular complexity index is 2270. The molecular weight excluding hydrogens is 602 g/mol. The monoisotopic (exact) mass is 629 g/mol. The summed E-state index contributed by atoms with van der Waals surface area (Å²) in [5.74, 6) is -0.493. The molecule has 0 bridgehead atoms. The molecule has 6 aromatic rings. The van der Waals surface area contributed by atoms with Crippen LogP contribution in [0.2, 0.25) is 5.02 Å². The van der Waals surface area contributed by atoms with Crippen molar-refractivity contribution in [1.29, 1.82) is 0 Å². The van der Waals surface area contributed by atoms with Gasteiger partial charge in [0.05, 0.1) is 28.5 Å². The van der Waals surface area contributed by atoms with E-state index in [0.717, 1.165) is 33.2 Å². The number of halogens is 1. The molecular formula is C37H28ClN3O3S. The summed E-state index contributed by atoms with van der Waals surface area (Å²) in [6, 6.07) is 34.4. The van der Waals surface area contributed by atoms with Gasteiger partial charge in [0.1, 0.15) is 0 Å². The highest BCUT2D eigenvalue weighted by atomic mass is 35.5. The van der Waals surface area contributed by atoms with Gasteiger partial charge in [-0.15, -0.1) is 0 Å². The van der Waals surface area contributed by atoms with Gasteiger partial charge < -0.3 is 9.30 Å². The van der Waals surface area contributed by atoms with Crippen LogP contribution in [0.1, 0.15) is 35.2 Å². The first-order chi connectivity index (χ1) is 22.0. The molecule has 0 saturated carbocycles. The number of fused-ring (bicyclic) bond motifs is 2. The van der Waals surface area contributed by atoms with Crippen molar-refractivity contribution in [1.82, 2.24) is 9.13 Å². The molecule has 0 N–H and O–H groups in total. The van der Waals surface area contributed by atoms with Crippen LogP contribution >= 0.6 is 22.9 Å². The van der Waals surface area contributed by atoms with Gasteiger partial charge in [-0.2, -0.15) is 0 Å². The smallest absolute Gasteiger partial charge is 0.338 e. The number of para-hydroxylation sites is 1. The molecule has 7 rings (SSSR count). The quantitative estimate of drug-likeness (QED) is 0.187. The second-order valence-corrected chi connectivity index (χ2v) is 12.1. The molecule has 0 unspecified atom stereocenters. The van der Waals surface area contributed by atoms with E-state index in [0.29, 0.717) is 32.2 Å². The van der Waals surface area contributed by atoms with Gasteiger partial charge in [0.2, 0.25) is 0 Å². The fourth-order valence-electron chi connectivity index (χ4n) is 5.89. The summed E-state index contributed by atoms with van der Waals surface area (Å²) in [7, 11) is 0. The summed E-state index contributed by atoms with van der Waals surface area (Å²) in [5.41, 5.74) is 5.26. The van der Waals surface area contributed by atoms with Gasteiger partial charge >= 0.3 is 5.97 Å². The van der Waals surface area contributed by atoms with E-state index in [9.17, 15) is 9.59 Å². The van der Waals surface area contributed by atoms with Gasteiger partial charge in [-0.25, -0.2) is 9.79 Å². The van der Waals surface area contributed by atoms with Crippen LogP contribution in [0.5, 0.6) is 0 Å². The van der Waals surface area contributed by atoms with Crippen molar-refractivity contribution in [3.63, 3.8) is 0 Å². The predicted molar refractivity (Wildman–Crippen MR) is 180 cm³/mol. The van der Waals surface area contributed by atoms with E-state index >= 15 is 0 Å². The fraction of sp³-hybridized carbons (Fsp3) is 0.108. The Balaban J connectivity index is 1.44. The van der Waals surface area contributed by atoms with Gasteiger partial charge in [-0.3, -0.25) is 9.36 Å². The zero-order valence-corrected chi connectivity index (χ0v) is 26.0. The van der Waals surface area contributed by atoms with Crippen molar-refractivity contribution in [2.75, 3.05) is 6.61 Å². The Labute approximate surface area is 268 Å². The number of ether oxygens (including phenoxy) is 1. The summed E-state index contributed by atoms with van der Waals surface area (Å²) in [4.78, 5) is 33.4. The largest absolute Gasteiger partial charge is 0.463 e. The third-order valence-electron chi connectivity index (χ3n) is 7.84. The summed E-state index contributed by atoms with van der Waals surface area (Å²) < 4.78 is 9.89. The molecule has 1 aliphatic rings. The van der Waals surface area contributed by atoms with E-state index in [4.69, 9.17) is 21.3 Å². The number of rotatable bonds is 7. The maximum Gasteiger partial charge on any atom is 0.338 e. The molecule has 6 nitrogen and oxygen atoms in total. The lowest BCUT2D eigenvalue weighted by atomic mass is 9.93. The minimum absolute atomic E-state index is 0.204. The normalized spacial score (nSPS) is 14.8. The number of hydrogen-bond acceptors (Lipinski definition) is 5. The average Bonchev–Trinajstić information content (AvgIpc) is 3.57. The lowest BCUT2D eigenvalue weighted by Gasteiger charge is -2.25. The summed E-state index contributed by atoms with van der Waals surface area (Å²) in [5, 5.41) is 1.72. The van der Waals surface area contributed by atoms with Gasteiger partial charge in [0, 0.05) is 39.8 Å². The zero-order chi connectivity index (χ0) is 30.9. The van der Waals surface area contributed by atoms with E-state index in [-0.39, 0.29) is 12.2 Å². The molecule has 3 heterocycles. The number of aromatic nitrogens is 2. The fourth-order valence-corrected chi connectivity index (χ4v) is 7.09. The SMILES string of the molecule is CCOC(=O)C1=C(c2ccccc2)N=c2s/c(=C\c3cn(Cc4cccc(Cl)c4)c4ccccc34)c(=O)n2[C@@H]1c1ccccc1. The van der Waals surface area contributed by atoms with Crippen LogP contribution in [-0.2, 0) is 16.1 Å². The Kier molecular flexibility index (Phi) is 7.79. The van der Waals surface area contributed by atoms with Crippen LogP contribution in [0.15, 0.2) is 131 Å². The lowest BCUT2D eigenvalue weighted by Crippen LogP contribution is -2.39. The van der Waals surface area contributed by atoms with Crippen molar-refractivity contribution >= 4 is 51.6 Å². The van der Waals surface area contributed by atoms with Gasteiger partial charge in [0.25, 0.3) is 5.56 Å². The van der Waals surface area contributed by atoms with Crippen LogP contribution < -0.4 is 14.9 Å². The molecule has 8 heteroatoms. The summed E-state index contributed by atoms with van der Waals surface area (Å²) in [6.07, 6.45) is 4.00. The maximum atomic E-state index is 14.3. The molecule has 0 amide bonds. The predicted octanol–water partition coefficient (Wildman–Crippen LogP) is 6.59. The standard InChI is InChI=1S/C37H28ClN3O3S/c1-2-44-36(43)32-33(25-13-5-3-6-14-25)39-37-41(34(32)26-15-7-4-8-16-26)35(42)31(45-37)21-27-23-40(30-19-10-9-18-29(27)30)22-24-12-11-17-28(38)20-24/h3-21,23,34H,2,22H2,1H3/b31-21-/t34-/m1/s1. The zero-order valence-electron chi connectivity index (χ0n) is 24.4. The number of thiazole rings is 1. The number of hydrogen-bond donors (Lipinski definition) is 0. The van der Waals surface area contributed by atoms with Crippen molar-refractivity contribution in [2.45, 2.75) is 19.5 Å². The molecule has 0 fully saturated rings. The molecule has 0 spiro atoms. The first-order valence-electron chi connectivity index (χ1n) is 14.7. The Morgan fingerprint density at radius 2 is 1.69 bits per heavy atom. The van der Waals surface area contributed by atoms with Crippen LogP contribution in [0, 0.1) is 0 Å². The molecule has 45 heavy (non-hydrogen) atoms. The summed E-state index contributed by atoms with van der Waals surface area (Å²) >= 11 is 7.59. The Hall–Kier alpha value is -4.98. The topological polar surface area (TPSA) is 65.6 Å². The molecule has 1 aliphatic heterocycles. The van der Waals surface area contributed by atoms with Gasteiger partial charge in [-0.05, 0) is 42.3 Å². The lowest BCUT2D eigenvalue weighted by molar-refractivity contribution is -0.138. The molecule has 222 valence electrons. The van der Waals surface area contributed by atoms with E-state index in [1.54, 1.807) is 11.5 Å².